The number of carboxylic acid groups (broad SMARTS) is 1. The molecule has 0 aliphatic rings. The second-order valence-corrected chi connectivity index (χ2v) is 4.02. The van der Waals surface area contributed by atoms with Crippen LogP contribution in [0.25, 0.3) is 11.3 Å². The molecule has 2 rings (SSSR count). The summed E-state index contributed by atoms with van der Waals surface area (Å²) in [5.41, 5.74) is 3.34. The summed E-state index contributed by atoms with van der Waals surface area (Å²) in [5.74, 6) is -0.690. The van der Waals surface area contributed by atoms with Crippen LogP contribution in [-0.2, 0) is 0 Å². The number of nitrogens with zero attached hydrogens (tertiary/aromatic N) is 1. The first-order valence-corrected chi connectivity index (χ1v) is 5.38. The van der Waals surface area contributed by atoms with Gasteiger partial charge in [0.05, 0.1) is 7.11 Å². The molecule has 0 spiro atoms. The van der Waals surface area contributed by atoms with Crippen molar-refractivity contribution in [3.8, 4) is 17.0 Å². The third-order valence-corrected chi connectivity index (χ3v) is 2.81. The zero-order valence-electron chi connectivity index (χ0n) is 10.4. The standard InChI is InChI=1S/C13H13NO4/c1-7-4-9(11(17-3)5-8(7)2)10-6-12(13(15)16)18-14-10/h4-6H,1-3H3,(H,15,16). The van der Waals surface area contributed by atoms with Crippen molar-refractivity contribution in [1.82, 2.24) is 5.16 Å². The Morgan fingerprint density at radius 3 is 2.50 bits per heavy atom. The van der Waals surface area contributed by atoms with Gasteiger partial charge in [0.15, 0.2) is 0 Å². The van der Waals surface area contributed by atoms with Crippen LogP contribution in [0.4, 0.5) is 0 Å². The summed E-state index contributed by atoms with van der Waals surface area (Å²) in [6, 6.07) is 5.17. The quantitative estimate of drug-likeness (QED) is 0.902. The van der Waals surface area contributed by atoms with Crippen molar-refractivity contribution in [3.63, 3.8) is 0 Å². The lowest BCUT2D eigenvalue weighted by Gasteiger charge is -2.09. The molecule has 0 aliphatic heterocycles. The summed E-state index contributed by atoms with van der Waals surface area (Å²) < 4.78 is 10.0. The fourth-order valence-electron chi connectivity index (χ4n) is 1.66. The number of carbonyl (C=O) groups is 1. The van der Waals surface area contributed by atoms with E-state index in [0.717, 1.165) is 16.7 Å². The van der Waals surface area contributed by atoms with Crippen molar-refractivity contribution in [1.29, 1.82) is 0 Å². The largest absolute Gasteiger partial charge is 0.496 e. The molecule has 0 saturated heterocycles. The van der Waals surface area contributed by atoms with Gasteiger partial charge in [0.2, 0.25) is 5.76 Å². The molecule has 0 saturated carbocycles. The third kappa shape index (κ3) is 2.07. The summed E-state index contributed by atoms with van der Waals surface area (Å²) in [7, 11) is 1.56. The lowest BCUT2D eigenvalue weighted by atomic mass is 10.0. The van der Waals surface area contributed by atoms with E-state index in [1.165, 1.54) is 6.07 Å². The van der Waals surface area contributed by atoms with E-state index in [2.05, 4.69) is 5.16 Å². The highest BCUT2D eigenvalue weighted by atomic mass is 16.5. The van der Waals surface area contributed by atoms with Crippen LogP contribution in [0.5, 0.6) is 5.75 Å². The molecule has 1 heterocycles. The van der Waals surface area contributed by atoms with Crippen molar-refractivity contribution in [2.75, 3.05) is 7.11 Å². The lowest BCUT2D eigenvalue weighted by molar-refractivity contribution is 0.0652. The summed E-state index contributed by atoms with van der Waals surface area (Å²) in [5, 5.41) is 12.6. The fourth-order valence-corrected chi connectivity index (χ4v) is 1.66. The Hall–Kier alpha value is -2.30. The smallest absolute Gasteiger partial charge is 0.374 e. The minimum Gasteiger partial charge on any atom is -0.496 e. The van der Waals surface area contributed by atoms with Gasteiger partial charge in [-0.05, 0) is 37.1 Å². The Bertz CT molecular complexity index is 601. The molecule has 0 radical (unpaired) electrons. The first-order chi connectivity index (χ1) is 8.52. The predicted octanol–water partition coefficient (Wildman–Crippen LogP) is 2.67. The maximum Gasteiger partial charge on any atom is 0.374 e. The van der Waals surface area contributed by atoms with Gasteiger partial charge >= 0.3 is 5.97 Å². The molecule has 0 atom stereocenters. The van der Waals surface area contributed by atoms with Gasteiger partial charge < -0.3 is 14.4 Å². The van der Waals surface area contributed by atoms with E-state index in [1.54, 1.807) is 7.11 Å². The van der Waals surface area contributed by atoms with Gasteiger partial charge in [-0.1, -0.05) is 5.16 Å². The van der Waals surface area contributed by atoms with E-state index in [9.17, 15) is 4.79 Å². The number of benzene rings is 1. The maximum absolute atomic E-state index is 10.8. The minimum atomic E-state index is -1.14. The Kier molecular flexibility index (Phi) is 3.06. The van der Waals surface area contributed by atoms with Crippen molar-refractivity contribution >= 4 is 5.97 Å². The first kappa shape index (κ1) is 12.2. The zero-order valence-corrected chi connectivity index (χ0v) is 10.4. The molecule has 2 aromatic rings. The van der Waals surface area contributed by atoms with Gasteiger partial charge in [-0.2, -0.15) is 0 Å². The Labute approximate surface area is 104 Å². The molecule has 5 heteroatoms. The monoisotopic (exact) mass is 247 g/mol. The zero-order chi connectivity index (χ0) is 13.3. The average molecular weight is 247 g/mol. The van der Waals surface area contributed by atoms with Crippen LogP contribution in [0.2, 0.25) is 0 Å². The topological polar surface area (TPSA) is 72.6 Å². The Morgan fingerprint density at radius 2 is 1.94 bits per heavy atom. The minimum absolute atomic E-state index is 0.190. The van der Waals surface area contributed by atoms with Gasteiger partial charge in [-0.25, -0.2) is 4.79 Å². The number of aromatic nitrogens is 1. The van der Waals surface area contributed by atoms with Gasteiger partial charge in [0.1, 0.15) is 11.4 Å². The Balaban J connectivity index is 2.55. The third-order valence-electron chi connectivity index (χ3n) is 2.81. The molecule has 0 amide bonds. The summed E-state index contributed by atoms with van der Waals surface area (Å²) in [6.07, 6.45) is 0. The number of carboxylic acids is 1. The highest BCUT2D eigenvalue weighted by molar-refractivity contribution is 5.86. The molecule has 18 heavy (non-hydrogen) atoms. The molecule has 0 bridgehead atoms. The second kappa shape index (κ2) is 4.52. The summed E-state index contributed by atoms with van der Waals surface area (Å²) in [6.45, 7) is 3.95. The SMILES string of the molecule is COc1cc(C)c(C)cc1-c1cc(C(=O)O)on1. The van der Waals surface area contributed by atoms with Crippen molar-refractivity contribution in [2.45, 2.75) is 13.8 Å². The predicted molar refractivity (Wildman–Crippen MR) is 64.9 cm³/mol. The summed E-state index contributed by atoms with van der Waals surface area (Å²) >= 11 is 0. The van der Waals surface area contributed by atoms with Crippen molar-refractivity contribution < 1.29 is 19.2 Å². The lowest BCUT2D eigenvalue weighted by Crippen LogP contribution is -1.93. The van der Waals surface area contributed by atoms with E-state index < -0.39 is 5.97 Å². The second-order valence-electron chi connectivity index (χ2n) is 4.02. The number of aromatic carboxylic acids is 1. The van der Waals surface area contributed by atoms with Crippen LogP contribution < -0.4 is 4.74 Å². The Morgan fingerprint density at radius 1 is 1.28 bits per heavy atom. The molecule has 1 aromatic heterocycles. The molecule has 0 unspecified atom stereocenters. The molecule has 94 valence electrons. The van der Waals surface area contributed by atoms with Gasteiger partial charge in [0.25, 0.3) is 0 Å². The van der Waals surface area contributed by atoms with E-state index >= 15 is 0 Å². The first-order valence-electron chi connectivity index (χ1n) is 5.38. The molecule has 0 aliphatic carbocycles. The number of rotatable bonds is 3. The van der Waals surface area contributed by atoms with Crippen LogP contribution in [0, 0.1) is 13.8 Å². The molecule has 0 fully saturated rings. The molecule has 1 N–H and O–H groups in total. The molecule has 1 aromatic carbocycles. The van der Waals surface area contributed by atoms with Crippen LogP contribution in [0.1, 0.15) is 21.7 Å². The number of methoxy groups -OCH3 is 1. The van der Waals surface area contributed by atoms with Crippen molar-refractivity contribution in [3.05, 3.63) is 35.1 Å². The molecule has 5 nitrogen and oxygen atoms in total. The highest BCUT2D eigenvalue weighted by Crippen LogP contribution is 2.32. The van der Waals surface area contributed by atoms with Gasteiger partial charge in [0, 0.05) is 11.6 Å². The average Bonchev–Trinajstić information content (AvgIpc) is 2.81. The molecular formula is C13H13NO4. The van der Waals surface area contributed by atoms with Crippen LogP contribution in [-0.4, -0.2) is 23.3 Å². The van der Waals surface area contributed by atoms with Gasteiger partial charge in [-0.15, -0.1) is 0 Å². The number of hydrogen-bond donors (Lipinski definition) is 1. The molecular weight excluding hydrogens is 234 g/mol. The van der Waals surface area contributed by atoms with Crippen LogP contribution in [0.3, 0.4) is 0 Å². The maximum atomic E-state index is 10.8. The van der Waals surface area contributed by atoms with Crippen molar-refractivity contribution in [2.24, 2.45) is 0 Å². The number of ether oxygens (including phenoxy) is 1. The van der Waals surface area contributed by atoms with E-state index in [4.69, 9.17) is 14.4 Å². The number of aryl methyl sites for hydroxylation is 2. The van der Waals surface area contributed by atoms with E-state index in [-0.39, 0.29) is 5.76 Å². The van der Waals surface area contributed by atoms with Gasteiger partial charge in [-0.3, -0.25) is 0 Å². The van der Waals surface area contributed by atoms with E-state index in [1.807, 2.05) is 26.0 Å². The van der Waals surface area contributed by atoms with Crippen LogP contribution >= 0.6 is 0 Å². The normalized spacial score (nSPS) is 10.4. The van der Waals surface area contributed by atoms with E-state index in [0.29, 0.717) is 11.4 Å². The fraction of sp³-hybridized carbons (Fsp3) is 0.231. The summed E-state index contributed by atoms with van der Waals surface area (Å²) in [4.78, 5) is 10.8. The van der Waals surface area contributed by atoms with Crippen LogP contribution in [0.15, 0.2) is 22.7 Å². The highest BCUT2D eigenvalue weighted by Gasteiger charge is 2.16. The number of hydrogen-bond acceptors (Lipinski definition) is 4.